The Bertz CT molecular complexity index is 621. The van der Waals surface area contributed by atoms with E-state index in [1.165, 1.54) is 0 Å². The first-order chi connectivity index (χ1) is 9.33. The van der Waals surface area contributed by atoms with E-state index in [4.69, 9.17) is 0 Å². The predicted molar refractivity (Wildman–Crippen MR) is 75.4 cm³/mol. The first-order valence-corrected chi connectivity index (χ1v) is 6.12. The fourth-order valence-electron chi connectivity index (χ4n) is 2.05. The standard InChI is InChI=1S/C16H13N3/c1-12-10-15(13-2-6-17-7-3-13)11-16(19-12)14-4-8-18-9-5-14/h2-11H,1H3. The van der Waals surface area contributed by atoms with Gasteiger partial charge in [0.1, 0.15) is 0 Å². The maximum atomic E-state index is 4.59. The monoisotopic (exact) mass is 247 g/mol. The van der Waals surface area contributed by atoms with Crippen molar-refractivity contribution in [2.75, 3.05) is 0 Å². The van der Waals surface area contributed by atoms with Crippen LogP contribution in [-0.4, -0.2) is 15.0 Å². The summed E-state index contributed by atoms with van der Waals surface area (Å²) in [4.78, 5) is 12.7. The summed E-state index contributed by atoms with van der Waals surface area (Å²) in [6.45, 7) is 2.01. The molecule has 3 heteroatoms. The molecule has 3 aromatic rings. The second-order valence-electron chi connectivity index (χ2n) is 4.35. The molecule has 0 saturated carbocycles. The molecule has 0 bridgehead atoms. The molecule has 0 aliphatic carbocycles. The quantitative estimate of drug-likeness (QED) is 0.695. The van der Waals surface area contributed by atoms with Crippen LogP contribution in [-0.2, 0) is 0 Å². The molecule has 3 nitrogen and oxygen atoms in total. The van der Waals surface area contributed by atoms with Crippen molar-refractivity contribution in [2.45, 2.75) is 6.92 Å². The molecule has 3 heterocycles. The average Bonchev–Trinajstić information content (AvgIpc) is 2.48. The average molecular weight is 247 g/mol. The third kappa shape index (κ3) is 2.50. The lowest BCUT2D eigenvalue weighted by Gasteiger charge is -2.07. The van der Waals surface area contributed by atoms with Gasteiger partial charge >= 0.3 is 0 Å². The molecule has 0 fully saturated rings. The van der Waals surface area contributed by atoms with Crippen molar-refractivity contribution in [2.24, 2.45) is 0 Å². The minimum Gasteiger partial charge on any atom is -0.265 e. The van der Waals surface area contributed by atoms with Crippen molar-refractivity contribution in [3.05, 3.63) is 66.9 Å². The third-order valence-corrected chi connectivity index (χ3v) is 2.94. The minimum atomic E-state index is 0.967. The first-order valence-electron chi connectivity index (χ1n) is 6.12. The van der Waals surface area contributed by atoms with Gasteiger partial charge in [0, 0.05) is 36.0 Å². The number of pyridine rings is 3. The van der Waals surface area contributed by atoms with E-state index in [0.717, 1.165) is 28.1 Å². The van der Waals surface area contributed by atoms with Crippen molar-refractivity contribution < 1.29 is 0 Å². The molecule has 0 spiro atoms. The number of nitrogens with zero attached hydrogens (tertiary/aromatic N) is 3. The highest BCUT2D eigenvalue weighted by Crippen LogP contribution is 2.25. The van der Waals surface area contributed by atoms with Crippen LogP contribution in [0.4, 0.5) is 0 Å². The van der Waals surface area contributed by atoms with Gasteiger partial charge in [-0.15, -0.1) is 0 Å². The second-order valence-corrected chi connectivity index (χ2v) is 4.35. The molecule has 0 saturated heterocycles. The summed E-state index contributed by atoms with van der Waals surface area (Å²) in [5.74, 6) is 0. The molecule has 0 unspecified atom stereocenters. The van der Waals surface area contributed by atoms with Gasteiger partial charge in [-0.2, -0.15) is 0 Å². The zero-order valence-corrected chi connectivity index (χ0v) is 10.6. The number of aromatic nitrogens is 3. The second kappa shape index (κ2) is 4.98. The van der Waals surface area contributed by atoms with E-state index < -0.39 is 0 Å². The van der Waals surface area contributed by atoms with E-state index in [2.05, 4.69) is 27.1 Å². The lowest BCUT2D eigenvalue weighted by molar-refractivity contribution is 1.20. The molecule has 3 rings (SSSR count). The van der Waals surface area contributed by atoms with Crippen molar-refractivity contribution in [3.8, 4) is 22.4 Å². The van der Waals surface area contributed by atoms with Crippen LogP contribution in [0.2, 0.25) is 0 Å². The third-order valence-electron chi connectivity index (χ3n) is 2.94. The smallest absolute Gasteiger partial charge is 0.0712 e. The zero-order valence-electron chi connectivity index (χ0n) is 10.6. The van der Waals surface area contributed by atoms with Gasteiger partial charge in [-0.3, -0.25) is 15.0 Å². The molecule has 0 atom stereocenters. The van der Waals surface area contributed by atoms with Crippen molar-refractivity contribution >= 4 is 0 Å². The van der Waals surface area contributed by atoms with Gasteiger partial charge in [-0.1, -0.05) is 0 Å². The highest BCUT2D eigenvalue weighted by Gasteiger charge is 2.04. The molecular weight excluding hydrogens is 234 g/mol. The van der Waals surface area contributed by atoms with Crippen molar-refractivity contribution in [3.63, 3.8) is 0 Å². The number of hydrogen-bond acceptors (Lipinski definition) is 3. The fraction of sp³-hybridized carbons (Fsp3) is 0.0625. The van der Waals surface area contributed by atoms with Crippen LogP contribution < -0.4 is 0 Å². The van der Waals surface area contributed by atoms with Gasteiger partial charge in [0.05, 0.1) is 5.69 Å². The van der Waals surface area contributed by atoms with Gasteiger partial charge in [0.2, 0.25) is 0 Å². The molecule has 0 aliphatic rings. The van der Waals surface area contributed by atoms with Crippen LogP contribution in [0.3, 0.4) is 0 Å². The number of hydrogen-bond donors (Lipinski definition) is 0. The Labute approximate surface area is 112 Å². The van der Waals surface area contributed by atoms with Crippen LogP contribution in [0.5, 0.6) is 0 Å². The Kier molecular flexibility index (Phi) is 3.02. The van der Waals surface area contributed by atoms with E-state index in [-0.39, 0.29) is 0 Å². The Morgan fingerprint density at radius 3 is 1.89 bits per heavy atom. The van der Waals surface area contributed by atoms with E-state index in [1.807, 2.05) is 31.2 Å². The van der Waals surface area contributed by atoms with Crippen LogP contribution in [0.25, 0.3) is 22.4 Å². The van der Waals surface area contributed by atoms with Gasteiger partial charge < -0.3 is 0 Å². The fourth-order valence-corrected chi connectivity index (χ4v) is 2.05. The number of rotatable bonds is 2. The molecule has 0 radical (unpaired) electrons. The van der Waals surface area contributed by atoms with Gasteiger partial charge in [-0.25, -0.2) is 0 Å². The van der Waals surface area contributed by atoms with Gasteiger partial charge in [0.25, 0.3) is 0 Å². The van der Waals surface area contributed by atoms with Crippen LogP contribution in [0, 0.1) is 6.92 Å². The maximum Gasteiger partial charge on any atom is 0.0712 e. The van der Waals surface area contributed by atoms with Gasteiger partial charge in [-0.05, 0) is 54.4 Å². The molecule has 0 amide bonds. The summed E-state index contributed by atoms with van der Waals surface area (Å²) >= 11 is 0. The Morgan fingerprint density at radius 2 is 1.26 bits per heavy atom. The predicted octanol–water partition coefficient (Wildman–Crippen LogP) is 3.51. The van der Waals surface area contributed by atoms with E-state index in [9.17, 15) is 0 Å². The van der Waals surface area contributed by atoms with Crippen molar-refractivity contribution in [1.82, 2.24) is 15.0 Å². The van der Waals surface area contributed by atoms with Crippen molar-refractivity contribution in [1.29, 1.82) is 0 Å². The van der Waals surface area contributed by atoms with E-state index in [1.54, 1.807) is 24.8 Å². The minimum absolute atomic E-state index is 0.967. The molecule has 92 valence electrons. The number of aryl methyl sites for hydroxylation is 1. The largest absolute Gasteiger partial charge is 0.265 e. The summed E-state index contributed by atoms with van der Waals surface area (Å²) in [6.07, 6.45) is 7.17. The lowest BCUT2D eigenvalue weighted by atomic mass is 10.0. The SMILES string of the molecule is Cc1cc(-c2ccncc2)cc(-c2ccncc2)n1. The van der Waals surface area contributed by atoms with E-state index >= 15 is 0 Å². The Balaban J connectivity index is 2.12. The first kappa shape index (κ1) is 11.5. The lowest BCUT2D eigenvalue weighted by Crippen LogP contribution is -1.90. The van der Waals surface area contributed by atoms with Crippen LogP contribution in [0.15, 0.2) is 61.2 Å². The Hall–Kier alpha value is -2.55. The summed E-state index contributed by atoms with van der Waals surface area (Å²) in [7, 11) is 0. The highest BCUT2D eigenvalue weighted by molar-refractivity contribution is 5.70. The summed E-state index contributed by atoms with van der Waals surface area (Å²) in [6, 6.07) is 12.1. The molecule has 0 N–H and O–H groups in total. The summed E-state index contributed by atoms with van der Waals surface area (Å²) in [5.41, 5.74) is 5.35. The molecule has 19 heavy (non-hydrogen) atoms. The molecular formula is C16H13N3. The van der Waals surface area contributed by atoms with Crippen LogP contribution in [0.1, 0.15) is 5.69 Å². The summed E-state index contributed by atoms with van der Waals surface area (Å²) in [5, 5.41) is 0. The molecule has 0 aliphatic heterocycles. The summed E-state index contributed by atoms with van der Waals surface area (Å²) < 4.78 is 0. The maximum absolute atomic E-state index is 4.59. The zero-order chi connectivity index (χ0) is 13.1. The molecule has 0 aromatic carbocycles. The van der Waals surface area contributed by atoms with Gasteiger partial charge in [0.15, 0.2) is 0 Å². The topological polar surface area (TPSA) is 38.7 Å². The highest BCUT2D eigenvalue weighted by atomic mass is 14.7. The molecule has 3 aromatic heterocycles. The van der Waals surface area contributed by atoms with E-state index in [0.29, 0.717) is 0 Å². The van der Waals surface area contributed by atoms with Crippen LogP contribution >= 0.6 is 0 Å². The normalized spacial score (nSPS) is 10.4. The Morgan fingerprint density at radius 1 is 0.684 bits per heavy atom.